The summed E-state index contributed by atoms with van der Waals surface area (Å²) in [5, 5.41) is 12.2. The van der Waals surface area contributed by atoms with Gasteiger partial charge >= 0.3 is 0 Å². The Morgan fingerprint density at radius 2 is 2.00 bits per heavy atom. The SMILES string of the molecule is CCN(CC)[C@H](CN=CC(C#N)c1nc(C)cs1)c1ccccc1. The third-order valence-electron chi connectivity index (χ3n) is 4.01. The molecule has 0 aliphatic carbocycles. The third kappa shape index (κ3) is 4.73. The van der Waals surface area contributed by atoms with Crippen molar-refractivity contribution >= 4 is 17.6 Å². The predicted octanol–water partition coefficient (Wildman–Crippen LogP) is 4.21. The Hall–Kier alpha value is -2.03. The molecule has 1 aromatic carbocycles. The van der Waals surface area contributed by atoms with Gasteiger partial charge in [0.2, 0.25) is 0 Å². The van der Waals surface area contributed by atoms with Crippen molar-refractivity contribution < 1.29 is 0 Å². The van der Waals surface area contributed by atoms with Gasteiger partial charge in [-0.3, -0.25) is 9.89 Å². The second kappa shape index (κ2) is 9.31. The Morgan fingerprint density at radius 1 is 1.29 bits per heavy atom. The largest absolute Gasteiger partial charge is 0.295 e. The summed E-state index contributed by atoms with van der Waals surface area (Å²) in [6.45, 7) is 8.86. The fourth-order valence-electron chi connectivity index (χ4n) is 2.70. The smallest absolute Gasteiger partial charge is 0.133 e. The molecule has 1 unspecified atom stereocenters. The van der Waals surface area contributed by atoms with Crippen LogP contribution in [0.3, 0.4) is 0 Å². The zero-order chi connectivity index (χ0) is 17.4. The average Bonchev–Trinajstić information content (AvgIpc) is 3.05. The van der Waals surface area contributed by atoms with Crippen molar-refractivity contribution in [2.45, 2.75) is 32.7 Å². The van der Waals surface area contributed by atoms with Crippen LogP contribution in [-0.2, 0) is 0 Å². The molecular weight excluding hydrogens is 316 g/mol. The molecule has 0 fully saturated rings. The quantitative estimate of drug-likeness (QED) is 0.676. The summed E-state index contributed by atoms with van der Waals surface area (Å²) < 4.78 is 0. The fourth-order valence-corrected chi connectivity index (χ4v) is 3.51. The van der Waals surface area contributed by atoms with Crippen LogP contribution in [0, 0.1) is 18.3 Å². The Labute approximate surface area is 148 Å². The van der Waals surface area contributed by atoms with Crippen LogP contribution in [0.5, 0.6) is 0 Å². The molecule has 0 saturated carbocycles. The van der Waals surface area contributed by atoms with Gasteiger partial charge in [0.05, 0.1) is 18.7 Å². The standard InChI is InChI=1S/C19H24N4S/c1-4-23(5-2)18(16-9-7-6-8-10-16)13-21-12-17(11-20)19-22-15(3)14-24-19/h6-10,12,14,17-18H,4-5,13H2,1-3H3/t17?,18-/m1/s1. The minimum atomic E-state index is -0.364. The molecule has 0 bridgehead atoms. The van der Waals surface area contributed by atoms with Gasteiger partial charge in [-0.05, 0) is 25.6 Å². The van der Waals surface area contributed by atoms with E-state index in [9.17, 15) is 5.26 Å². The van der Waals surface area contributed by atoms with Gasteiger partial charge in [0.1, 0.15) is 10.9 Å². The van der Waals surface area contributed by atoms with E-state index in [0.29, 0.717) is 6.54 Å². The Bertz CT molecular complexity index is 683. The number of aryl methyl sites for hydroxylation is 1. The summed E-state index contributed by atoms with van der Waals surface area (Å²) in [4.78, 5) is 11.4. The van der Waals surface area contributed by atoms with E-state index in [1.807, 2.05) is 18.4 Å². The van der Waals surface area contributed by atoms with Crippen LogP contribution < -0.4 is 0 Å². The first-order valence-corrected chi connectivity index (χ1v) is 9.18. The normalized spacial score (nSPS) is 14.0. The monoisotopic (exact) mass is 340 g/mol. The highest BCUT2D eigenvalue weighted by molar-refractivity contribution is 7.09. The lowest BCUT2D eigenvalue weighted by molar-refractivity contribution is 0.224. The highest BCUT2D eigenvalue weighted by atomic mass is 32.1. The summed E-state index contributed by atoms with van der Waals surface area (Å²) in [5.41, 5.74) is 2.21. The maximum atomic E-state index is 9.39. The number of aromatic nitrogens is 1. The van der Waals surface area contributed by atoms with Crippen molar-refractivity contribution in [2.24, 2.45) is 4.99 Å². The van der Waals surface area contributed by atoms with Crippen molar-refractivity contribution in [2.75, 3.05) is 19.6 Å². The number of nitrogens with zero attached hydrogens (tertiary/aromatic N) is 4. The Morgan fingerprint density at radius 3 is 2.54 bits per heavy atom. The second-order valence-electron chi connectivity index (χ2n) is 5.60. The van der Waals surface area contributed by atoms with Crippen molar-refractivity contribution in [1.82, 2.24) is 9.88 Å². The van der Waals surface area contributed by atoms with Crippen LogP contribution in [0.4, 0.5) is 0 Å². The molecule has 2 atom stereocenters. The van der Waals surface area contributed by atoms with Gasteiger partial charge in [-0.2, -0.15) is 5.26 Å². The number of hydrogen-bond donors (Lipinski definition) is 0. The predicted molar refractivity (Wildman–Crippen MR) is 101 cm³/mol. The lowest BCUT2D eigenvalue weighted by Crippen LogP contribution is -2.30. The van der Waals surface area contributed by atoms with E-state index in [2.05, 4.69) is 59.1 Å². The van der Waals surface area contributed by atoms with Gasteiger partial charge in [0.15, 0.2) is 0 Å². The molecule has 0 aliphatic rings. The van der Waals surface area contributed by atoms with Gasteiger partial charge in [-0.15, -0.1) is 11.3 Å². The first-order valence-electron chi connectivity index (χ1n) is 8.30. The molecule has 0 N–H and O–H groups in total. The summed E-state index contributed by atoms with van der Waals surface area (Å²) in [7, 11) is 0. The highest BCUT2D eigenvalue weighted by Crippen LogP contribution is 2.22. The summed E-state index contributed by atoms with van der Waals surface area (Å²) >= 11 is 1.52. The van der Waals surface area contributed by atoms with E-state index in [1.54, 1.807) is 6.21 Å². The molecule has 24 heavy (non-hydrogen) atoms. The molecule has 0 aliphatic heterocycles. The van der Waals surface area contributed by atoms with E-state index < -0.39 is 0 Å². The second-order valence-corrected chi connectivity index (χ2v) is 6.49. The summed E-state index contributed by atoms with van der Waals surface area (Å²) in [6, 6.07) is 13.0. The zero-order valence-electron chi connectivity index (χ0n) is 14.5. The van der Waals surface area contributed by atoms with Gasteiger partial charge in [-0.1, -0.05) is 44.2 Å². The molecular formula is C19H24N4S. The van der Waals surface area contributed by atoms with Crippen LogP contribution in [0.1, 0.15) is 42.1 Å². The van der Waals surface area contributed by atoms with E-state index >= 15 is 0 Å². The molecule has 1 aromatic heterocycles. The molecule has 126 valence electrons. The van der Waals surface area contributed by atoms with Crippen LogP contribution in [0.25, 0.3) is 0 Å². The van der Waals surface area contributed by atoms with Gasteiger partial charge < -0.3 is 0 Å². The van der Waals surface area contributed by atoms with Crippen LogP contribution >= 0.6 is 11.3 Å². The van der Waals surface area contributed by atoms with E-state index in [1.165, 1.54) is 16.9 Å². The number of benzene rings is 1. The fraction of sp³-hybridized carbons (Fsp3) is 0.421. The number of rotatable bonds is 8. The van der Waals surface area contributed by atoms with Crippen molar-refractivity contribution in [3.05, 3.63) is 52.0 Å². The molecule has 2 rings (SSSR count). The molecule has 0 radical (unpaired) electrons. The number of likely N-dealkylation sites (N-methyl/N-ethyl adjacent to an activating group) is 1. The molecule has 5 heteroatoms. The minimum Gasteiger partial charge on any atom is -0.295 e. The molecule has 2 aromatic rings. The van der Waals surface area contributed by atoms with Gasteiger partial charge in [0.25, 0.3) is 0 Å². The number of aliphatic imine (C=N–C) groups is 1. The van der Waals surface area contributed by atoms with Crippen LogP contribution in [-0.4, -0.2) is 35.7 Å². The first-order chi connectivity index (χ1) is 11.7. The van der Waals surface area contributed by atoms with Crippen LogP contribution in [0.2, 0.25) is 0 Å². The van der Waals surface area contributed by atoms with Gasteiger partial charge in [0, 0.05) is 17.3 Å². The van der Waals surface area contributed by atoms with E-state index in [-0.39, 0.29) is 12.0 Å². The Balaban J connectivity index is 2.13. The van der Waals surface area contributed by atoms with E-state index in [0.717, 1.165) is 23.8 Å². The Kier molecular flexibility index (Phi) is 7.10. The topological polar surface area (TPSA) is 52.3 Å². The minimum absolute atomic E-state index is 0.231. The summed E-state index contributed by atoms with van der Waals surface area (Å²) in [5.74, 6) is -0.364. The summed E-state index contributed by atoms with van der Waals surface area (Å²) in [6.07, 6.45) is 1.75. The molecule has 0 amide bonds. The number of nitriles is 1. The molecule has 0 saturated heterocycles. The zero-order valence-corrected chi connectivity index (χ0v) is 15.3. The number of hydrogen-bond acceptors (Lipinski definition) is 5. The van der Waals surface area contributed by atoms with Crippen LogP contribution in [0.15, 0.2) is 40.7 Å². The molecule has 4 nitrogen and oxygen atoms in total. The van der Waals surface area contributed by atoms with Crippen molar-refractivity contribution in [3.63, 3.8) is 0 Å². The van der Waals surface area contributed by atoms with Crippen molar-refractivity contribution in [3.8, 4) is 6.07 Å². The van der Waals surface area contributed by atoms with Crippen molar-refractivity contribution in [1.29, 1.82) is 5.26 Å². The maximum absolute atomic E-state index is 9.39. The lowest BCUT2D eigenvalue weighted by Gasteiger charge is -2.28. The van der Waals surface area contributed by atoms with Gasteiger partial charge in [-0.25, -0.2) is 4.98 Å². The lowest BCUT2D eigenvalue weighted by atomic mass is 10.1. The molecule has 1 heterocycles. The average molecular weight is 340 g/mol. The first kappa shape index (κ1) is 18.3. The molecule has 0 spiro atoms. The highest BCUT2D eigenvalue weighted by Gasteiger charge is 2.18. The third-order valence-corrected chi connectivity index (χ3v) is 5.06. The maximum Gasteiger partial charge on any atom is 0.133 e. The van der Waals surface area contributed by atoms with E-state index in [4.69, 9.17) is 0 Å². The number of thiazole rings is 1.